The van der Waals surface area contributed by atoms with Crippen LogP contribution in [0.15, 0.2) is 41.8 Å². The number of hydrogen-bond acceptors (Lipinski definition) is 5. The van der Waals surface area contributed by atoms with Gasteiger partial charge in [-0.15, -0.1) is 11.3 Å². The predicted octanol–water partition coefficient (Wildman–Crippen LogP) is 3.15. The van der Waals surface area contributed by atoms with Crippen LogP contribution in [0, 0.1) is 12.8 Å². The van der Waals surface area contributed by atoms with Gasteiger partial charge in [-0.1, -0.05) is 30.3 Å². The van der Waals surface area contributed by atoms with E-state index in [4.69, 9.17) is 4.98 Å². The molecule has 3 heterocycles. The van der Waals surface area contributed by atoms with Crippen LogP contribution in [0.3, 0.4) is 0 Å². The van der Waals surface area contributed by atoms with Gasteiger partial charge in [-0.3, -0.25) is 0 Å². The molecule has 0 amide bonds. The quantitative estimate of drug-likeness (QED) is 0.750. The Labute approximate surface area is 145 Å². The Morgan fingerprint density at radius 3 is 3.08 bits per heavy atom. The second kappa shape index (κ2) is 6.75. The van der Waals surface area contributed by atoms with E-state index in [2.05, 4.69) is 44.0 Å². The van der Waals surface area contributed by atoms with Crippen LogP contribution >= 0.6 is 11.3 Å². The molecule has 0 bridgehead atoms. The summed E-state index contributed by atoms with van der Waals surface area (Å²) in [5.41, 5.74) is 3.31. The van der Waals surface area contributed by atoms with Crippen molar-refractivity contribution < 1.29 is 0 Å². The zero-order valence-corrected chi connectivity index (χ0v) is 14.5. The summed E-state index contributed by atoms with van der Waals surface area (Å²) < 4.78 is 2.07. The average molecular weight is 339 g/mol. The first-order chi connectivity index (χ1) is 11.8. The van der Waals surface area contributed by atoms with E-state index in [1.807, 2.05) is 25.1 Å². The van der Waals surface area contributed by atoms with Crippen molar-refractivity contribution in [2.24, 2.45) is 5.92 Å². The van der Waals surface area contributed by atoms with Gasteiger partial charge in [-0.25, -0.2) is 9.67 Å². The van der Waals surface area contributed by atoms with Crippen LogP contribution in [0.1, 0.15) is 10.7 Å². The van der Waals surface area contributed by atoms with Gasteiger partial charge in [0.15, 0.2) is 0 Å². The van der Waals surface area contributed by atoms with Crippen molar-refractivity contribution in [3.05, 3.63) is 52.5 Å². The standard InChI is InChI=1S/C18H21N5S/c1-13-7-17-20-9-14(11-23(17)22-13)8-19-10-18-21-16(12-24-18)15-5-3-2-4-6-15/h2-7,12,14,19-20H,8-11H2,1H3/t14-/m1/s1. The van der Waals surface area contributed by atoms with Gasteiger partial charge in [0.25, 0.3) is 0 Å². The Hall–Kier alpha value is -2.18. The molecule has 3 aromatic rings. The number of anilines is 1. The van der Waals surface area contributed by atoms with Gasteiger partial charge in [0, 0.05) is 49.1 Å². The summed E-state index contributed by atoms with van der Waals surface area (Å²) in [6.07, 6.45) is 0. The molecule has 1 atom stereocenters. The average Bonchev–Trinajstić information content (AvgIpc) is 3.21. The summed E-state index contributed by atoms with van der Waals surface area (Å²) in [6.45, 7) is 5.78. The molecule has 5 nitrogen and oxygen atoms in total. The van der Waals surface area contributed by atoms with Crippen molar-refractivity contribution in [1.82, 2.24) is 20.1 Å². The van der Waals surface area contributed by atoms with E-state index in [0.717, 1.165) is 48.4 Å². The number of rotatable bonds is 5. The Morgan fingerprint density at radius 2 is 2.21 bits per heavy atom. The smallest absolute Gasteiger partial charge is 0.124 e. The minimum absolute atomic E-state index is 0.547. The fraction of sp³-hybridized carbons (Fsp3) is 0.333. The number of nitrogens with one attached hydrogen (secondary N) is 2. The highest BCUT2D eigenvalue weighted by atomic mass is 32.1. The van der Waals surface area contributed by atoms with Gasteiger partial charge in [0.2, 0.25) is 0 Å². The first kappa shape index (κ1) is 15.4. The molecule has 0 fully saturated rings. The molecule has 24 heavy (non-hydrogen) atoms. The van der Waals surface area contributed by atoms with Gasteiger partial charge < -0.3 is 10.6 Å². The van der Waals surface area contributed by atoms with E-state index in [1.54, 1.807) is 11.3 Å². The van der Waals surface area contributed by atoms with Gasteiger partial charge in [-0.2, -0.15) is 5.10 Å². The maximum Gasteiger partial charge on any atom is 0.124 e. The molecule has 0 aliphatic carbocycles. The molecule has 1 aliphatic heterocycles. The summed E-state index contributed by atoms with van der Waals surface area (Å²) in [6, 6.07) is 12.4. The van der Waals surface area contributed by atoms with Crippen molar-refractivity contribution in [2.75, 3.05) is 18.4 Å². The van der Waals surface area contributed by atoms with Crippen LogP contribution in [0.2, 0.25) is 0 Å². The summed E-state index contributed by atoms with van der Waals surface area (Å²) in [5.74, 6) is 1.68. The second-order valence-corrected chi connectivity index (χ2v) is 7.17. The predicted molar refractivity (Wildman–Crippen MR) is 98.2 cm³/mol. The van der Waals surface area contributed by atoms with E-state index >= 15 is 0 Å². The molecular weight excluding hydrogens is 318 g/mol. The molecule has 0 saturated heterocycles. The maximum absolute atomic E-state index is 4.73. The fourth-order valence-electron chi connectivity index (χ4n) is 3.04. The molecule has 0 unspecified atom stereocenters. The summed E-state index contributed by atoms with van der Waals surface area (Å²) in [4.78, 5) is 4.73. The van der Waals surface area contributed by atoms with Crippen LogP contribution in [0.4, 0.5) is 5.82 Å². The molecule has 4 rings (SSSR count). The fourth-order valence-corrected chi connectivity index (χ4v) is 3.81. The lowest BCUT2D eigenvalue weighted by atomic mass is 10.1. The third kappa shape index (κ3) is 3.34. The molecule has 0 spiro atoms. The minimum atomic E-state index is 0.547. The molecule has 6 heteroatoms. The zero-order valence-electron chi connectivity index (χ0n) is 13.7. The molecule has 2 N–H and O–H groups in total. The lowest BCUT2D eigenvalue weighted by Gasteiger charge is -2.24. The van der Waals surface area contributed by atoms with Crippen molar-refractivity contribution in [3.8, 4) is 11.3 Å². The van der Waals surface area contributed by atoms with Crippen molar-refractivity contribution in [2.45, 2.75) is 20.0 Å². The number of benzene rings is 1. The Balaban J connectivity index is 1.30. The molecule has 1 aromatic carbocycles. The molecule has 2 aromatic heterocycles. The van der Waals surface area contributed by atoms with E-state index in [0.29, 0.717) is 5.92 Å². The number of nitrogens with zero attached hydrogens (tertiary/aromatic N) is 3. The van der Waals surface area contributed by atoms with Gasteiger partial charge in [0.1, 0.15) is 10.8 Å². The minimum Gasteiger partial charge on any atom is -0.370 e. The summed E-state index contributed by atoms with van der Waals surface area (Å²) in [5, 5.41) is 14.8. The largest absolute Gasteiger partial charge is 0.370 e. The highest BCUT2D eigenvalue weighted by molar-refractivity contribution is 7.09. The number of thiazole rings is 1. The lowest BCUT2D eigenvalue weighted by molar-refractivity contribution is 0.390. The van der Waals surface area contributed by atoms with Crippen molar-refractivity contribution >= 4 is 17.2 Å². The first-order valence-electron chi connectivity index (χ1n) is 8.27. The highest BCUT2D eigenvalue weighted by Gasteiger charge is 2.18. The van der Waals surface area contributed by atoms with Crippen LogP contribution in [-0.4, -0.2) is 27.9 Å². The SMILES string of the molecule is Cc1cc2n(n1)C[C@H](CNCc1nc(-c3ccccc3)cs1)CN2. The number of aryl methyl sites for hydroxylation is 1. The van der Waals surface area contributed by atoms with Gasteiger partial charge in [-0.05, 0) is 6.92 Å². The molecular formula is C18H21N5S. The number of hydrogen-bond donors (Lipinski definition) is 2. The van der Waals surface area contributed by atoms with E-state index in [1.165, 1.54) is 5.56 Å². The second-order valence-electron chi connectivity index (χ2n) is 6.22. The Bertz CT molecular complexity index is 808. The maximum atomic E-state index is 4.73. The monoisotopic (exact) mass is 339 g/mol. The summed E-state index contributed by atoms with van der Waals surface area (Å²) in [7, 11) is 0. The third-order valence-electron chi connectivity index (χ3n) is 4.24. The lowest BCUT2D eigenvalue weighted by Crippen LogP contribution is -2.35. The molecule has 0 saturated carbocycles. The van der Waals surface area contributed by atoms with E-state index in [-0.39, 0.29) is 0 Å². The van der Waals surface area contributed by atoms with Gasteiger partial charge in [0.05, 0.1) is 11.4 Å². The van der Waals surface area contributed by atoms with Crippen LogP contribution in [0.25, 0.3) is 11.3 Å². The van der Waals surface area contributed by atoms with E-state index in [9.17, 15) is 0 Å². The Morgan fingerprint density at radius 1 is 1.33 bits per heavy atom. The van der Waals surface area contributed by atoms with Gasteiger partial charge >= 0.3 is 0 Å². The normalized spacial score (nSPS) is 16.6. The highest BCUT2D eigenvalue weighted by Crippen LogP contribution is 2.22. The third-order valence-corrected chi connectivity index (χ3v) is 5.08. The van der Waals surface area contributed by atoms with E-state index < -0.39 is 0 Å². The van der Waals surface area contributed by atoms with Crippen LogP contribution < -0.4 is 10.6 Å². The number of aromatic nitrogens is 3. The van der Waals surface area contributed by atoms with Crippen molar-refractivity contribution in [3.63, 3.8) is 0 Å². The summed E-state index contributed by atoms with van der Waals surface area (Å²) >= 11 is 1.72. The van der Waals surface area contributed by atoms with Crippen LogP contribution in [-0.2, 0) is 13.1 Å². The topological polar surface area (TPSA) is 54.8 Å². The first-order valence-corrected chi connectivity index (χ1v) is 9.15. The molecule has 1 aliphatic rings. The molecule has 0 radical (unpaired) electrons. The zero-order chi connectivity index (χ0) is 16.4. The van der Waals surface area contributed by atoms with Crippen molar-refractivity contribution in [1.29, 1.82) is 0 Å². The number of fused-ring (bicyclic) bond motifs is 1. The van der Waals surface area contributed by atoms with Crippen LogP contribution in [0.5, 0.6) is 0 Å². The Kier molecular flexibility index (Phi) is 4.32. The molecule has 124 valence electrons.